The molecule has 4 heterocycles. The second kappa shape index (κ2) is 20.3. The van der Waals surface area contributed by atoms with Crippen LogP contribution in [0, 0.1) is 13.8 Å². The van der Waals surface area contributed by atoms with Crippen LogP contribution in [-0.4, -0.2) is 0 Å². The Balaban J connectivity index is 1.25. The Morgan fingerprint density at radius 2 is 0.705 bits per heavy atom. The molecule has 0 aliphatic heterocycles. The van der Waals surface area contributed by atoms with Crippen LogP contribution in [0.2, 0.25) is 0 Å². The Bertz CT molecular complexity index is 1200. The molecule has 0 aliphatic carbocycles. The van der Waals surface area contributed by atoms with Gasteiger partial charge in [0.2, 0.25) is 0 Å². The molecular formula is C40H60S4. The molecule has 0 aliphatic rings. The quantitative estimate of drug-likeness (QED) is 0.0652. The van der Waals surface area contributed by atoms with Crippen molar-refractivity contribution < 1.29 is 0 Å². The smallest absolute Gasteiger partial charge is 0.0478 e. The van der Waals surface area contributed by atoms with Gasteiger partial charge in [0.15, 0.2) is 0 Å². The molecule has 0 atom stereocenters. The highest BCUT2D eigenvalue weighted by molar-refractivity contribution is 7.33. The molecule has 0 amide bonds. The number of fused-ring (bicyclic) bond motifs is 1. The van der Waals surface area contributed by atoms with E-state index in [1.165, 1.54) is 170 Å². The molecule has 0 bridgehead atoms. The fourth-order valence-electron chi connectivity index (χ4n) is 6.59. The lowest BCUT2D eigenvalue weighted by Gasteiger charge is -2.04. The SMILES string of the molecule is CCCCCCCCCCCCc1cc(C)sc1-c1cc2sc(-c3sc(C)cc3CCCCCCCCCCCC)cc2s1. The van der Waals surface area contributed by atoms with Gasteiger partial charge in [-0.1, -0.05) is 129 Å². The number of rotatable bonds is 24. The summed E-state index contributed by atoms with van der Waals surface area (Å²) in [5, 5.41) is 0. The Labute approximate surface area is 286 Å². The Hall–Kier alpha value is -0.940. The lowest BCUT2D eigenvalue weighted by atomic mass is 10.0. The van der Waals surface area contributed by atoms with Crippen molar-refractivity contribution in [2.45, 2.75) is 169 Å². The summed E-state index contributed by atoms with van der Waals surface area (Å²) in [7, 11) is 0. The second-order valence-corrected chi connectivity index (χ2v) is 17.9. The van der Waals surface area contributed by atoms with Crippen molar-refractivity contribution in [1.82, 2.24) is 0 Å². The van der Waals surface area contributed by atoms with Crippen LogP contribution in [0.1, 0.15) is 163 Å². The van der Waals surface area contributed by atoms with Crippen LogP contribution in [0.25, 0.3) is 28.9 Å². The van der Waals surface area contributed by atoms with Crippen LogP contribution in [0.15, 0.2) is 24.3 Å². The van der Waals surface area contributed by atoms with E-state index in [2.05, 4.69) is 52.0 Å². The van der Waals surface area contributed by atoms with Gasteiger partial charge in [0.05, 0.1) is 0 Å². The van der Waals surface area contributed by atoms with Crippen molar-refractivity contribution in [2.24, 2.45) is 0 Å². The van der Waals surface area contributed by atoms with E-state index in [0.29, 0.717) is 0 Å². The molecule has 4 heteroatoms. The Kier molecular flexibility index (Phi) is 16.6. The van der Waals surface area contributed by atoms with E-state index >= 15 is 0 Å². The summed E-state index contributed by atoms with van der Waals surface area (Å²) >= 11 is 8.07. The average molecular weight is 669 g/mol. The van der Waals surface area contributed by atoms with Gasteiger partial charge in [-0.15, -0.1) is 45.3 Å². The number of unbranched alkanes of at least 4 members (excludes halogenated alkanes) is 18. The van der Waals surface area contributed by atoms with Gasteiger partial charge in [-0.05, 0) is 74.9 Å². The standard InChI is InChI=1S/C40H60S4/c1-5-7-9-11-13-15-17-19-21-23-25-33-27-31(3)41-39(33)37-29-35-36(43-37)30-38(44-35)40-34(28-32(4)42-40)26-24-22-20-18-16-14-12-10-8-6-2/h27-30H,5-26H2,1-4H3. The van der Waals surface area contributed by atoms with Gasteiger partial charge in [0.25, 0.3) is 0 Å². The van der Waals surface area contributed by atoms with Crippen molar-refractivity contribution in [1.29, 1.82) is 0 Å². The van der Waals surface area contributed by atoms with Crippen molar-refractivity contribution in [2.75, 3.05) is 0 Å². The van der Waals surface area contributed by atoms with Crippen molar-refractivity contribution in [3.05, 3.63) is 45.1 Å². The zero-order chi connectivity index (χ0) is 31.0. The van der Waals surface area contributed by atoms with Gasteiger partial charge in [-0.3, -0.25) is 0 Å². The van der Waals surface area contributed by atoms with Gasteiger partial charge < -0.3 is 0 Å². The zero-order valence-corrected chi connectivity index (χ0v) is 31.8. The monoisotopic (exact) mass is 668 g/mol. The predicted octanol–water partition coefficient (Wildman–Crippen LogP) is 16.0. The first-order chi connectivity index (χ1) is 21.6. The van der Waals surface area contributed by atoms with E-state index in [9.17, 15) is 0 Å². The highest BCUT2D eigenvalue weighted by atomic mass is 32.1. The fraction of sp³-hybridized carbons (Fsp3) is 0.650. The predicted molar refractivity (Wildman–Crippen MR) is 207 cm³/mol. The molecule has 0 spiro atoms. The summed E-state index contributed by atoms with van der Waals surface area (Å²) in [6.07, 6.45) is 30.6. The summed E-state index contributed by atoms with van der Waals surface area (Å²) in [6.45, 7) is 9.19. The largest absolute Gasteiger partial charge is 0.139 e. The molecule has 0 saturated heterocycles. The van der Waals surface area contributed by atoms with Crippen LogP contribution in [0.4, 0.5) is 0 Å². The van der Waals surface area contributed by atoms with Crippen LogP contribution in [0.3, 0.4) is 0 Å². The molecule has 0 radical (unpaired) electrons. The maximum atomic E-state index is 2.50. The third-order valence-electron chi connectivity index (χ3n) is 9.12. The minimum absolute atomic E-state index is 1.24. The molecule has 0 fully saturated rings. The molecule has 4 rings (SSSR count). The number of hydrogen-bond donors (Lipinski definition) is 0. The Morgan fingerprint density at radius 1 is 0.386 bits per heavy atom. The van der Waals surface area contributed by atoms with Crippen molar-refractivity contribution in [3.8, 4) is 19.5 Å². The lowest BCUT2D eigenvalue weighted by Crippen LogP contribution is -1.87. The van der Waals surface area contributed by atoms with E-state index in [4.69, 9.17) is 0 Å². The molecule has 0 unspecified atom stereocenters. The van der Waals surface area contributed by atoms with Crippen LogP contribution in [-0.2, 0) is 12.8 Å². The summed E-state index contributed by atoms with van der Waals surface area (Å²) < 4.78 is 2.96. The van der Waals surface area contributed by atoms with E-state index in [0.717, 1.165) is 0 Å². The van der Waals surface area contributed by atoms with Gasteiger partial charge in [0.1, 0.15) is 0 Å². The normalized spacial score (nSPS) is 11.8. The topological polar surface area (TPSA) is 0 Å². The summed E-state index contributed by atoms with van der Waals surface area (Å²) in [6, 6.07) is 9.95. The molecule has 244 valence electrons. The molecule has 0 aromatic carbocycles. The van der Waals surface area contributed by atoms with Gasteiger partial charge >= 0.3 is 0 Å². The first kappa shape index (κ1) is 35.9. The summed E-state index contributed by atoms with van der Waals surface area (Å²) in [5.74, 6) is 0. The Morgan fingerprint density at radius 3 is 1.05 bits per heavy atom. The fourth-order valence-corrected chi connectivity index (χ4v) is 11.4. The molecule has 0 saturated carbocycles. The van der Waals surface area contributed by atoms with E-state index in [1.807, 2.05) is 45.3 Å². The van der Waals surface area contributed by atoms with Gasteiger partial charge in [-0.2, -0.15) is 0 Å². The van der Waals surface area contributed by atoms with Gasteiger partial charge in [-0.25, -0.2) is 0 Å². The third-order valence-corrected chi connectivity index (χ3v) is 14.0. The molecule has 4 aromatic heterocycles. The molecule has 0 nitrogen and oxygen atoms in total. The maximum absolute atomic E-state index is 2.50. The first-order valence-corrected chi connectivity index (χ1v) is 21.6. The van der Waals surface area contributed by atoms with Crippen LogP contribution >= 0.6 is 45.3 Å². The van der Waals surface area contributed by atoms with Crippen molar-refractivity contribution in [3.63, 3.8) is 0 Å². The molecule has 0 N–H and O–H groups in total. The minimum Gasteiger partial charge on any atom is -0.139 e. The number of thiophene rings is 4. The van der Waals surface area contributed by atoms with Crippen LogP contribution in [0.5, 0.6) is 0 Å². The lowest BCUT2D eigenvalue weighted by molar-refractivity contribution is 0.556. The van der Waals surface area contributed by atoms with Crippen LogP contribution < -0.4 is 0 Å². The zero-order valence-electron chi connectivity index (χ0n) is 28.5. The number of aryl methyl sites for hydroxylation is 4. The van der Waals surface area contributed by atoms with Crippen molar-refractivity contribution >= 4 is 54.7 Å². The number of hydrogen-bond acceptors (Lipinski definition) is 4. The minimum atomic E-state index is 1.24. The maximum Gasteiger partial charge on any atom is 0.0478 e. The third kappa shape index (κ3) is 11.7. The van der Waals surface area contributed by atoms with E-state index < -0.39 is 0 Å². The molecule has 44 heavy (non-hydrogen) atoms. The highest BCUT2D eigenvalue weighted by Crippen LogP contribution is 2.47. The summed E-state index contributed by atoms with van der Waals surface area (Å²) in [4.78, 5) is 9.00. The van der Waals surface area contributed by atoms with E-state index in [-0.39, 0.29) is 0 Å². The average Bonchev–Trinajstić information content (AvgIpc) is 3.77. The van der Waals surface area contributed by atoms with E-state index in [1.54, 1.807) is 20.9 Å². The van der Waals surface area contributed by atoms with Gasteiger partial charge in [0, 0.05) is 38.7 Å². The highest BCUT2D eigenvalue weighted by Gasteiger charge is 2.17. The molecule has 4 aromatic rings. The summed E-state index contributed by atoms with van der Waals surface area (Å²) in [5.41, 5.74) is 3.18. The molecular weight excluding hydrogens is 609 g/mol. The first-order valence-electron chi connectivity index (χ1n) is 18.3. The second-order valence-electron chi connectivity index (χ2n) is 13.2.